The van der Waals surface area contributed by atoms with E-state index in [1.54, 1.807) is 31.2 Å². The number of carbonyl (C=O) groups excluding carboxylic acids is 1. The Hall–Kier alpha value is -2.03. The van der Waals surface area contributed by atoms with E-state index >= 15 is 0 Å². The molecule has 0 radical (unpaired) electrons. The fraction of sp³-hybridized carbons (Fsp3) is 0.263. The quantitative estimate of drug-likeness (QED) is 0.670. The lowest BCUT2D eigenvalue weighted by atomic mass is 10.3. The Morgan fingerprint density at radius 1 is 1.21 bits per heavy atom. The molecule has 6 nitrogen and oxygen atoms in total. The first kappa shape index (κ1) is 20.7. The highest BCUT2D eigenvalue weighted by molar-refractivity contribution is 8.00. The van der Waals surface area contributed by atoms with Gasteiger partial charge < -0.3 is 5.32 Å². The summed E-state index contributed by atoms with van der Waals surface area (Å²) in [7, 11) is -3.72. The lowest BCUT2D eigenvalue weighted by molar-refractivity contribution is -0.115. The number of carbonyl (C=O) groups is 1. The summed E-state index contributed by atoms with van der Waals surface area (Å²) < 4.78 is 27.5. The molecular weight excluding hydrogens is 418 g/mol. The van der Waals surface area contributed by atoms with Crippen LogP contribution < -0.4 is 10.0 Å². The zero-order valence-corrected chi connectivity index (χ0v) is 17.6. The number of benzene rings is 2. The van der Waals surface area contributed by atoms with Gasteiger partial charge in [-0.3, -0.25) is 14.5 Å². The summed E-state index contributed by atoms with van der Waals surface area (Å²) in [5.41, 5.74) is 0.421. The van der Waals surface area contributed by atoms with Crippen molar-refractivity contribution in [2.45, 2.75) is 34.8 Å². The van der Waals surface area contributed by atoms with Crippen molar-refractivity contribution in [3.8, 4) is 0 Å². The molecule has 2 aromatic rings. The summed E-state index contributed by atoms with van der Waals surface area (Å²) in [4.78, 5) is 17.6. The third kappa shape index (κ3) is 5.50. The Kier molecular flexibility index (Phi) is 6.64. The number of thioether (sulfide) groups is 1. The van der Waals surface area contributed by atoms with Gasteiger partial charge in [0.25, 0.3) is 10.0 Å². The molecule has 0 unspecified atom stereocenters. The van der Waals surface area contributed by atoms with Gasteiger partial charge in [-0.2, -0.15) is 0 Å². The summed E-state index contributed by atoms with van der Waals surface area (Å²) in [6.45, 7) is 2.42. The molecule has 0 saturated carbocycles. The molecule has 1 amide bonds. The maximum Gasteiger partial charge on any atom is 0.262 e. The Balaban J connectivity index is 1.66. The fourth-order valence-electron chi connectivity index (χ4n) is 2.59. The SMILES string of the molecule is C[C@@H](Sc1ccc(Cl)cc1)C(=O)Nc1cccc(S(=O)(=O)NC2=NCCC2)c1. The predicted molar refractivity (Wildman–Crippen MR) is 114 cm³/mol. The number of aliphatic imine (C=N–C) groups is 1. The van der Waals surface area contributed by atoms with Gasteiger partial charge in [0, 0.05) is 28.6 Å². The normalized spacial score (nSPS) is 15.0. The lowest BCUT2D eigenvalue weighted by Gasteiger charge is -2.13. The molecule has 1 heterocycles. The number of rotatable bonds is 6. The molecule has 0 aromatic heterocycles. The molecule has 2 aromatic carbocycles. The zero-order valence-electron chi connectivity index (χ0n) is 15.2. The van der Waals surface area contributed by atoms with Crippen molar-refractivity contribution < 1.29 is 13.2 Å². The number of sulfonamides is 1. The maximum atomic E-state index is 12.5. The number of nitrogens with zero attached hydrogens (tertiary/aromatic N) is 1. The minimum absolute atomic E-state index is 0.0814. The summed E-state index contributed by atoms with van der Waals surface area (Å²) >= 11 is 7.27. The number of anilines is 1. The lowest BCUT2D eigenvalue weighted by Crippen LogP contribution is -2.29. The van der Waals surface area contributed by atoms with E-state index in [1.807, 2.05) is 12.1 Å². The Labute approximate surface area is 173 Å². The average molecular weight is 438 g/mol. The second kappa shape index (κ2) is 8.98. The smallest absolute Gasteiger partial charge is 0.262 e. The maximum absolute atomic E-state index is 12.5. The number of amidine groups is 1. The van der Waals surface area contributed by atoms with Gasteiger partial charge in [-0.15, -0.1) is 11.8 Å². The number of amides is 1. The van der Waals surface area contributed by atoms with Gasteiger partial charge in [0.15, 0.2) is 0 Å². The van der Waals surface area contributed by atoms with Crippen LogP contribution in [-0.2, 0) is 14.8 Å². The van der Waals surface area contributed by atoms with Crippen molar-refractivity contribution in [1.82, 2.24) is 4.72 Å². The van der Waals surface area contributed by atoms with Crippen LogP contribution in [0.4, 0.5) is 5.69 Å². The van der Waals surface area contributed by atoms with Crippen LogP contribution in [0.25, 0.3) is 0 Å². The second-order valence-corrected chi connectivity index (χ2v) is 9.80. The molecule has 2 N–H and O–H groups in total. The van der Waals surface area contributed by atoms with Gasteiger partial charge in [0.05, 0.1) is 10.1 Å². The number of halogens is 1. The van der Waals surface area contributed by atoms with Gasteiger partial charge in [0.2, 0.25) is 5.91 Å². The topological polar surface area (TPSA) is 87.6 Å². The van der Waals surface area contributed by atoms with Crippen molar-refractivity contribution in [3.05, 3.63) is 53.6 Å². The first-order valence-corrected chi connectivity index (χ1v) is 11.5. The van der Waals surface area contributed by atoms with Gasteiger partial charge in [-0.25, -0.2) is 8.42 Å². The predicted octanol–water partition coefficient (Wildman–Crippen LogP) is 3.93. The highest BCUT2D eigenvalue weighted by Crippen LogP contribution is 2.26. The third-order valence-electron chi connectivity index (χ3n) is 4.03. The van der Waals surface area contributed by atoms with E-state index in [4.69, 9.17) is 11.6 Å². The fourth-order valence-corrected chi connectivity index (χ4v) is 4.72. The summed E-state index contributed by atoms with van der Waals surface area (Å²) in [6, 6.07) is 13.4. The Morgan fingerprint density at radius 2 is 1.96 bits per heavy atom. The van der Waals surface area contributed by atoms with Crippen LogP contribution in [0.1, 0.15) is 19.8 Å². The van der Waals surface area contributed by atoms with E-state index in [0.717, 1.165) is 11.3 Å². The van der Waals surface area contributed by atoms with Crippen LogP contribution in [0.3, 0.4) is 0 Å². The molecule has 1 atom stereocenters. The largest absolute Gasteiger partial charge is 0.325 e. The van der Waals surface area contributed by atoms with E-state index in [0.29, 0.717) is 29.5 Å². The van der Waals surface area contributed by atoms with Crippen molar-refractivity contribution in [2.24, 2.45) is 4.99 Å². The van der Waals surface area contributed by atoms with Gasteiger partial charge in [-0.05, 0) is 55.8 Å². The van der Waals surface area contributed by atoms with E-state index in [2.05, 4.69) is 15.0 Å². The average Bonchev–Trinajstić information content (AvgIpc) is 3.16. The molecule has 28 heavy (non-hydrogen) atoms. The van der Waals surface area contributed by atoms with E-state index in [-0.39, 0.29) is 16.1 Å². The van der Waals surface area contributed by atoms with Crippen LogP contribution in [-0.4, -0.2) is 32.0 Å². The zero-order chi connectivity index (χ0) is 20.1. The second-order valence-electron chi connectivity index (χ2n) is 6.27. The number of hydrogen-bond acceptors (Lipinski definition) is 5. The third-order valence-corrected chi connectivity index (χ3v) is 6.78. The molecule has 1 aliphatic heterocycles. The minimum Gasteiger partial charge on any atom is -0.325 e. The van der Waals surface area contributed by atoms with Gasteiger partial charge in [-0.1, -0.05) is 17.7 Å². The molecule has 9 heteroatoms. The highest BCUT2D eigenvalue weighted by Gasteiger charge is 2.20. The van der Waals surface area contributed by atoms with Gasteiger partial charge >= 0.3 is 0 Å². The molecular formula is C19H20ClN3O3S2. The van der Waals surface area contributed by atoms with Crippen molar-refractivity contribution in [2.75, 3.05) is 11.9 Å². The van der Waals surface area contributed by atoms with Crippen molar-refractivity contribution in [1.29, 1.82) is 0 Å². The molecule has 0 spiro atoms. The van der Waals surface area contributed by atoms with Crippen LogP contribution in [0.5, 0.6) is 0 Å². The van der Waals surface area contributed by atoms with Crippen LogP contribution >= 0.6 is 23.4 Å². The molecule has 1 aliphatic rings. The van der Waals surface area contributed by atoms with Crippen LogP contribution in [0.2, 0.25) is 5.02 Å². The minimum atomic E-state index is -3.72. The van der Waals surface area contributed by atoms with E-state index in [1.165, 1.54) is 23.9 Å². The summed E-state index contributed by atoms with van der Waals surface area (Å²) in [5.74, 6) is 0.255. The standard InChI is InChI=1S/C19H20ClN3O3S2/c1-13(27-16-9-7-14(20)8-10-16)19(24)22-15-4-2-5-17(12-15)28(25,26)23-18-6-3-11-21-18/h2,4-5,7-10,12-13H,3,6,11H2,1H3,(H,21,23)(H,22,24)/t13-/m1/s1. The monoisotopic (exact) mass is 437 g/mol. The first-order chi connectivity index (χ1) is 13.3. The molecule has 3 rings (SSSR count). The first-order valence-electron chi connectivity index (χ1n) is 8.73. The van der Waals surface area contributed by atoms with Crippen LogP contribution in [0.15, 0.2) is 63.3 Å². The molecule has 0 bridgehead atoms. The molecule has 0 aliphatic carbocycles. The van der Waals surface area contributed by atoms with Gasteiger partial charge in [0.1, 0.15) is 5.84 Å². The highest BCUT2D eigenvalue weighted by atomic mass is 35.5. The van der Waals surface area contributed by atoms with Crippen molar-refractivity contribution >= 4 is 50.8 Å². The number of hydrogen-bond donors (Lipinski definition) is 2. The van der Waals surface area contributed by atoms with E-state index in [9.17, 15) is 13.2 Å². The molecule has 148 valence electrons. The summed E-state index contributed by atoms with van der Waals surface area (Å²) in [5, 5.41) is 3.04. The van der Waals surface area contributed by atoms with Crippen LogP contribution in [0, 0.1) is 0 Å². The molecule has 0 fully saturated rings. The Morgan fingerprint density at radius 3 is 2.64 bits per heavy atom. The summed E-state index contributed by atoms with van der Waals surface area (Å²) in [6.07, 6.45) is 1.46. The Bertz CT molecular complexity index is 992. The van der Waals surface area contributed by atoms with Crippen molar-refractivity contribution in [3.63, 3.8) is 0 Å². The molecule has 0 saturated heterocycles. The van der Waals surface area contributed by atoms with E-state index < -0.39 is 10.0 Å². The number of nitrogens with one attached hydrogen (secondary N) is 2.